The number of aliphatic imine (C=N–C) groups is 4. The summed E-state index contributed by atoms with van der Waals surface area (Å²) in [7, 11) is 0. The van der Waals surface area contributed by atoms with Gasteiger partial charge in [-0.25, -0.2) is 9.97 Å². The van der Waals surface area contributed by atoms with Gasteiger partial charge in [0, 0.05) is 26.2 Å². The Morgan fingerprint density at radius 2 is 0.844 bits per heavy atom. The highest BCUT2D eigenvalue weighted by Crippen LogP contribution is 1.99. The summed E-state index contributed by atoms with van der Waals surface area (Å²) in [6, 6.07) is 0. The van der Waals surface area contributed by atoms with Gasteiger partial charge in [0.2, 0.25) is 0 Å². The van der Waals surface area contributed by atoms with Crippen LogP contribution in [0.1, 0.15) is 51.0 Å². The highest BCUT2D eigenvalue weighted by molar-refractivity contribution is 5.99. The van der Waals surface area contributed by atoms with Crippen molar-refractivity contribution in [2.24, 2.45) is 20.0 Å². The van der Waals surface area contributed by atoms with Crippen LogP contribution in [0.4, 0.5) is 0 Å². The first-order valence-electron chi connectivity index (χ1n) is 10.9. The average molecular weight is 441 g/mol. The molecule has 4 N–H and O–H groups in total. The predicted octanol–water partition coefficient (Wildman–Crippen LogP) is 0.0518. The van der Waals surface area contributed by atoms with Crippen LogP contribution >= 0.6 is 0 Å². The minimum Gasteiger partial charge on any atom is -0.313 e. The molecule has 12 heteroatoms. The SMILES string of the molecule is CC1=NCCNCCN=C(C)c2n[nH]c(n2)C(C)=NCCNCCN=C(C)c2nc1n[nH]2. The fraction of sp³-hybridized carbons (Fsp3) is 0.600. The van der Waals surface area contributed by atoms with Gasteiger partial charge in [0.1, 0.15) is 0 Å². The molecule has 2 aromatic heterocycles. The van der Waals surface area contributed by atoms with Crippen molar-refractivity contribution in [3.05, 3.63) is 23.3 Å². The van der Waals surface area contributed by atoms with Gasteiger partial charge in [0.15, 0.2) is 23.3 Å². The fourth-order valence-electron chi connectivity index (χ4n) is 2.92. The molecule has 0 amide bonds. The molecule has 0 unspecified atom stereocenters. The second-order valence-electron chi connectivity index (χ2n) is 7.38. The summed E-state index contributed by atoms with van der Waals surface area (Å²) in [4.78, 5) is 27.2. The molecule has 12 nitrogen and oxygen atoms in total. The predicted molar refractivity (Wildman–Crippen MR) is 127 cm³/mol. The molecule has 0 aliphatic carbocycles. The van der Waals surface area contributed by atoms with E-state index in [1.165, 1.54) is 0 Å². The third-order valence-electron chi connectivity index (χ3n) is 4.85. The maximum Gasteiger partial charge on any atom is 0.195 e. The summed E-state index contributed by atoms with van der Waals surface area (Å²) in [5.74, 6) is 2.53. The Hall–Kier alpha value is -3.12. The van der Waals surface area contributed by atoms with Crippen LogP contribution in [0.2, 0.25) is 0 Å². The molecule has 1 aliphatic heterocycles. The second-order valence-corrected chi connectivity index (χ2v) is 7.38. The van der Waals surface area contributed by atoms with Crippen LogP contribution < -0.4 is 10.6 Å². The molecule has 3 rings (SSSR count). The maximum absolute atomic E-state index is 4.56. The van der Waals surface area contributed by atoms with Gasteiger partial charge in [-0.15, -0.1) is 0 Å². The van der Waals surface area contributed by atoms with Gasteiger partial charge >= 0.3 is 0 Å². The molecule has 0 aromatic carbocycles. The van der Waals surface area contributed by atoms with E-state index in [-0.39, 0.29) is 0 Å². The molecule has 0 atom stereocenters. The van der Waals surface area contributed by atoms with Crippen LogP contribution in [0.25, 0.3) is 0 Å². The van der Waals surface area contributed by atoms with Crippen LogP contribution in [0.15, 0.2) is 20.0 Å². The van der Waals surface area contributed by atoms with E-state index in [0.29, 0.717) is 49.5 Å². The lowest BCUT2D eigenvalue weighted by Gasteiger charge is -2.02. The summed E-state index contributed by atoms with van der Waals surface area (Å²) < 4.78 is 0. The Morgan fingerprint density at radius 3 is 1.22 bits per heavy atom. The van der Waals surface area contributed by atoms with Crippen molar-refractivity contribution >= 4 is 22.8 Å². The van der Waals surface area contributed by atoms with Gasteiger partial charge in [0.05, 0.1) is 49.0 Å². The zero-order chi connectivity index (χ0) is 22.8. The molecule has 2 aromatic rings. The van der Waals surface area contributed by atoms with Gasteiger partial charge < -0.3 is 10.6 Å². The van der Waals surface area contributed by atoms with Gasteiger partial charge in [-0.05, 0) is 27.7 Å². The Kier molecular flexibility index (Phi) is 8.87. The molecule has 0 spiro atoms. The first-order chi connectivity index (χ1) is 15.5. The van der Waals surface area contributed by atoms with E-state index in [0.717, 1.165) is 49.0 Å². The molecule has 3 heterocycles. The van der Waals surface area contributed by atoms with E-state index < -0.39 is 0 Å². The van der Waals surface area contributed by atoms with Gasteiger partial charge in [0.25, 0.3) is 0 Å². The Balaban J connectivity index is 1.67. The quantitative estimate of drug-likeness (QED) is 0.453. The number of nitrogens with one attached hydrogen (secondary N) is 4. The number of H-pyrrole nitrogens is 2. The van der Waals surface area contributed by atoms with Crippen molar-refractivity contribution in [2.75, 3.05) is 52.4 Å². The molecule has 32 heavy (non-hydrogen) atoms. The summed E-state index contributed by atoms with van der Waals surface area (Å²) >= 11 is 0. The zero-order valence-electron chi connectivity index (χ0n) is 19.2. The summed E-state index contributed by atoms with van der Waals surface area (Å²) in [6.45, 7) is 13.2. The van der Waals surface area contributed by atoms with Crippen LogP contribution in [0, 0.1) is 0 Å². The molecule has 0 saturated heterocycles. The standard InChI is InChI=1S/C20H32N12/c1-13-17-27-18(30-29-17)14(2)24-11-7-22-8-12-26-16(4)20-28-19(31-32-20)15(3)25-10-6-21-5-9-23-13/h21-22H,5-12H2,1-4H3,(H,27,29,30)(H,28,31,32). The van der Waals surface area contributed by atoms with Crippen molar-refractivity contribution in [2.45, 2.75) is 27.7 Å². The molecule has 172 valence electrons. The number of aromatic nitrogens is 6. The molecule has 0 radical (unpaired) electrons. The van der Waals surface area contributed by atoms with Crippen LogP contribution in [-0.2, 0) is 0 Å². The molecular weight excluding hydrogens is 408 g/mol. The lowest BCUT2D eigenvalue weighted by molar-refractivity contribution is 0.697. The first-order valence-corrected chi connectivity index (χ1v) is 10.9. The Labute approximate surface area is 187 Å². The van der Waals surface area contributed by atoms with E-state index in [4.69, 9.17) is 0 Å². The van der Waals surface area contributed by atoms with E-state index in [1.54, 1.807) is 0 Å². The minimum absolute atomic E-state index is 0.599. The number of aromatic amines is 2. The monoisotopic (exact) mass is 440 g/mol. The highest BCUT2D eigenvalue weighted by Gasteiger charge is 2.09. The van der Waals surface area contributed by atoms with Crippen molar-refractivity contribution in [3.8, 4) is 0 Å². The third-order valence-corrected chi connectivity index (χ3v) is 4.85. The summed E-state index contributed by atoms with van der Waals surface area (Å²) in [6.07, 6.45) is 0. The van der Waals surface area contributed by atoms with Gasteiger partial charge in [-0.2, -0.15) is 10.2 Å². The van der Waals surface area contributed by atoms with Crippen molar-refractivity contribution in [1.82, 2.24) is 41.0 Å². The van der Waals surface area contributed by atoms with Crippen LogP contribution in [0.3, 0.4) is 0 Å². The van der Waals surface area contributed by atoms with Gasteiger partial charge in [-0.1, -0.05) is 0 Å². The average Bonchev–Trinajstić information content (AvgIpc) is 3.47. The van der Waals surface area contributed by atoms with E-state index in [1.807, 2.05) is 27.7 Å². The van der Waals surface area contributed by atoms with E-state index >= 15 is 0 Å². The number of hydrogen-bond donors (Lipinski definition) is 4. The fourth-order valence-corrected chi connectivity index (χ4v) is 2.92. The number of rotatable bonds is 0. The molecule has 4 bridgehead atoms. The van der Waals surface area contributed by atoms with Crippen molar-refractivity contribution < 1.29 is 0 Å². The molecular formula is C20H32N12. The minimum atomic E-state index is 0.599. The lowest BCUT2D eigenvalue weighted by Crippen LogP contribution is -2.22. The van der Waals surface area contributed by atoms with Gasteiger partial charge in [-0.3, -0.25) is 30.2 Å². The van der Waals surface area contributed by atoms with Crippen molar-refractivity contribution in [3.63, 3.8) is 0 Å². The number of nitrogens with zero attached hydrogens (tertiary/aromatic N) is 8. The summed E-state index contributed by atoms with van der Waals surface area (Å²) in [5, 5.41) is 21.1. The maximum atomic E-state index is 4.56. The third kappa shape index (κ3) is 6.95. The van der Waals surface area contributed by atoms with E-state index in [9.17, 15) is 0 Å². The lowest BCUT2D eigenvalue weighted by atomic mass is 10.3. The van der Waals surface area contributed by atoms with E-state index in [2.05, 4.69) is 61.0 Å². The smallest absolute Gasteiger partial charge is 0.195 e. The number of hydrogen-bond acceptors (Lipinski definition) is 10. The zero-order valence-corrected chi connectivity index (χ0v) is 19.2. The molecule has 1 aliphatic rings. The molecule has 0 saturated carbocycles. The highest BCUT2D eigenvalue weighted by atomic mass is 15.2. The first kappa shape index (κ1) is 23.5. The second kappa shape index (κ2) is 12.1. The normalized spacial score (nSPS) is 18.1. The largest absolute Gasteiger partial charge is 0.313 e. The van der Waals surface area contributed by atoms with Crippen LogP contribution in [-0.4, -0.2) is 106 Å². The van der Waals surface area contributed by atoms with Crippen molar-refractivity contribution in [1.29, 1.82) is 0 Å². The topological polar surface area (TPSA) is 157 Å². The van der Waals surface area contributed by atoms with Crippen LogP contribution in [0.5, 0.6) is 0 Å². The summed E-state index contributed by atoms with van der Waals surface area (Å²) in [5.41, 5.74) is 3.23. The molecule has 0 fully saturated rings. The number of fused-ring (bicyclic) bond motifs is 4. The Bertz CT molecular complexity index is 841. The Morgan fingerprint density at radius 1 is 0.500 bits per heavy atom.